The van der Waals surface area contributed by atoms with E-state index in [-0.39, 0.29) is 0 Å². The first-order valence-corrected chi connectivity index (χ1v) is 10.2. The van der Waals surface area contributed by atoms with E-state index >= 15 is 0 Å². The molecule has 0 spiro atoms. The van der Waals surface area contributed by atoms with Gasteiger partial charge in [0.25, 0.3) is 0 Å². The fourth-order valence-corrected chi connectivity index (χ4v) is 3.94. The highest BCUT2D eigenvalue weighted by Crippen LogP contribution is 2.49. The number of ether oxygens (including phenoxy) is 1. The van der Waals surface area contributed by atoms with Gasteiger partial charge in [-0.15, -0.1) is 0 Å². The van der Waals surface area contributed by atoms with Gasteiger partial charge in [0.2, 0.25) is 0 Å². The van der Waals surface area contributed by atoms with Crippen LogP contribution in [0.15, 0.2) is 4.99 Å². The van der Waals surface area contributed by atoms with E-state index in [4.69, 9.17) is 9.73 Å². The summed E-state index contributed by atoms with van der Waals surface area (Å²) in [6.07, 6.45) is 9.86. The van der Waals surface area contributed by atoms with Crippen LogP contribution in [0.5, 0.6) is 0 Å². The molecular formula is C17H33N3OS. The molecule has 0 bridgehead atoms. The van der Waals surface area contributed by atoms with Crippen LogP contribution in [-0.2, 0) is 4.74 Å². The Morgan fingerprint density at radius 1 is 1.32 bits per heavy atom. The van der Waals surface area contributed by atoms with Crippen LogP contribution in [0, 0.1) is 5.41 Å². The Hall–Kier alpha value is -0.420. The molecule has 2 fully saturated rings. The molecule has 0 amide bonds. The second-order valence-electron chi connectivity index (χ2n) is 6.65. The molecule has 0 aromatic heterocycles. The van der Waals surface area contributed by atoms with Gasteiger partial charge in [0.05, 0.1) is 0 Å². The second kappa shape index (κ2) is 9.02. The van der Waals surface area contributed by atoms with Crippen molar-refractivity contribution in [1.29, 1.82) is 0 Å². The Labute approximate surface area is 140 Å². The summed E-state index contributed by atoms with van der Waals surface area (Å²) in [6.45, 7) is 7.77. The van der Waals surface area contributed by atoms with E-state index in [1.165, 1.54) is 32.1 Å². The Balaban J connectivity index is 1.80. The Kier molecular flexibility index (Phi) is 7.35. The molecule has 2 aliphatic rings. The maximum atomic E-state index is 5.51. The smallest absolute Gasteiger partial charge is 0.191 e. The summed E-state index contributed by atoms with van der Waals surface area (Å²) < 4.78 is 5.51. The fourth-order valence-electron chi connectivity index (χ4n) is 3.14. The minimum atomic E-state index is 0.426. The lowest BCUT2D eigenvalue weighted by atomic mass is 10.0. The molecular weight excluding hydrogens is 294 g/mol. The van der Waals surface area contributed by atoms with E-state index in [1.807, 2.05) is 11.8 Å². The summed E-state index contributed by atoms with van der Waals surface area (Å²) in [4.78, 5) is 4.87. The normalized spacial score (nSPS) is 27.0. The number of aliphatic imine (C=N–C) groups is 1. The number of hydrogen-bond donors (Lipinski definition) is 2. The van der Waals surface area contributed by atoms with Gasteiger partial charge in [0.1, 0.15) is 0 Å². The Bertz CT molecular complexity index is 358. The zero-order chi connectivity index (χ0) is 15.8. The monoisotopic (exact) mass is 327 g/mol. The first-order chi connectivity index (χ1) is 10.7. The van der Waals surface area contributed by atoms with Crippen molar-refractivity contribution in [3.8, 4) is 0 Å². The largest absolute Gasteiger partial charge is 0.382 e. The van der Waals surface area contributed by atoms with Crippen LogP contribution in [0.1, 0.15) is 52.4 Å². The molecule has 22 heavy (non-hydrogen) atoms. The number of hydrogen-bond acceptors (Lipinski definition) is 3. The number of rotatable bonds is 9. The average Bonchev–Trinajstić information content (AvgIpc) is 3.14. The van der Waals surface area contributed by atoms with Crippen molar-refractivity contribution < 1.29 is 4.74 Å². The molecule has 0 aliphatic heterocycles. The molecule has 4 nitrogen and oxygen atoms in total. The third-order valence-electron chi connectivity index (χ3n) is 4.91. The van der Waals surface area contributed by atoms with Gasteiger partial charge in [0.15, 0.2) is 5.96 Å². The van der Waals surface area contributed by atoms with Crippen LogP contribution < -0.4 is 10.6 Å². The lowest BCUT2D eigenvalue weighted by Crippen LogP contribution is -2.43. The summed E-state index contributed by atoms with van der Waals surface area (Å²) in [5.41, 5.74) is 0.426. The van der Waals surface area contributed by atoms with Crippen molar-refractivity contribution in [1.82, 2.24) is 10.6 Å². The molecule has 2 atom stereocenters. The molecule has 128 valence electrons. The summed E-state index contributed by atoms with van der Waals surface area (Å²) >= 11 is 2.00. The fraction of sp³-hybridized carbons (Fsp3) is 0.941. The van der Waals surface area contributed by atoms with Crippen LogP contribution >= 0.6 is 11.8 Å². The molecule has 2 unspecified atom stereocenters. The van der Waals surface area contributed by atoms with Crippen molar-refractivity contribution in [2.75, 3.05) is 32.6 Å². The van der Waals surface area contributed by atoms with Crippen molar-refractivity contribution >= 4 is 17.7 Å². The van der Waals surface area contributed by atoms with Crippen LogP contribution in [0.4, 0.5) is 0 Å². The number of thioether (sulfide) groups is 1. The molecule has 2 rings (SSSR count). The zero-order valence-electron chi connectivity index (χ0n) is 14.5. The molecule has 2 N–H and O–H groups in total. The predicted molar refractivity (Wildman–Crippen MR) is 96.8 cm³/mol. The summed E-state index contributed by atoms with van der Waals surface area (Å²) in [5.74, 6) is 1.01. The van der Waals surface area contributed by atoms with Gasteiger partial charge in [-0.05, 0) is 64.0 Å². The maximum Gasteiger partial charge on any atom is 0.191 e. The van der Waals surface area contributed by atoms with E-state index in [9.17, 15) is 0 Å². The maximum absolute atomic E-state index is 5.51. The summed E-state index contributed by atoms with van der Waals surface area (Å²) in [6, 6.07) is 0.592. The number of nitrogens with zero attached hydrogens (tertiary/aromatic N) is 1. The minimum absolute atomic E-state index is 0.426. The molecule has 5 heteroatoms. The van der Waals surface area contributed by atoms with Gasteiger partial charge in [-0.1, -0.05) is 0 Å². The van der Waals surface area contributed by atoms with E-state index in [0.29, 0.717) is 11.5 Å². The van der Waals surface area contributed by atoms with Crippen LogP contribution in [0.3, 0.4) is 0 Å². The third kappa shape index (κ3) is 5.65. The van der Waals surface area contributed by atoms with Crippen molar-refractivity contribution in [3.05, 3.63) is 0 Å². The third-order valence-corrected chi connectivity index (χ3v) is 6.01. The van der Waals surface area contributed by atoms with Gasteiger partial charge < -0.3 is 15.4 Å². The van der Waals surface area contributed by atoms with Gasteiger partial charge in [0, 0.05) is 37.6 Å². The standard InChI is InChI=1S/C17H33N3OS/c1-4-18-16(20-14-6-7-15(12-14)22-3)19-13-17(8-9-17)10-11-21-5-2/h14-15H,4-13H2,1-3H3,(H2,18,19,20). The predicted octanol–water partition coefficient (Wildman–Crippen LogP) is 3.03. The van der Waals surface area contributed by atoms with Gasteiger partial charge in [-0.3, -0.25) is 4.99 Å². The van der Waals surface area contributed by atoms with E-state index in [2.05, 4.69) is 30.7 Å². The van der Waals surface area contributed by atoms with Crippen molar-refractivity contribution in [2.24, 2.45) is 10.4 Å². The Morgan fingerprint density at radius 2 is 2.14 bits per heavy atom. The molecule has 0 heterocycles. The lowest BCUT2D eigenvalue weighted by Gasteiger charge is -2.19. The molecule has 0 aromatic rings. The zero-order valence-corrected chi connectivity index (χ0v) is 15.3. The Morgan fingerprint density at radius 3 is 2.73 bits per heavy atom. The molecule has 2 aliphatic carbocycles. The van der Waals surface area contributed by atoms with E-state index in [1.54, 1.807) is 0 Å². The van der Waals surface area contributed by atoms with Gasteiger partial charge >= 0.3 is 0 Å². The highest BCUT2D eigenvalue weighted by atomic mass is 32.2. The van der Waals surface area contributed by atoms with E-state index < -0.39 is 0 Å². The first-order valence-electron chi connectivity index (χ1n) is 8.86. The molecule has 0 saturated heterocycles. The molecule has 0 radical (unpaired) electrons. The SMILES string of the molecule is CCNC(=NCC1(CCOCC)CC1)NC1CCC(SC)C1. The summed E-state index contributed by atoms with van der Waals surface area (Å²) in [5, 5.41) is 7.87. The van der Waals surface area contributed by atoms with Gasteiger partial charge in [-0.25, -0.2) is 0 Å². The minimum Gasteiger partial charge on any atom is -0.382 e. The average molecular weight is 328 g/mol. The molecule has 0 aromatic carbocycles. The second-order valence-corrected chi connectivity index (χ2v) is 7.79. The van der Waals surface area contributed by atoms with Crippen molar-refractivity contribution in [2.45, 2.75) is 63.7 Å². The van der Waals surface area contributed by atoms with Crippen LogP contribution in [-0.4, -0.2) is 49.8 Å². The lowest BCUT2D eigenvalue weighted by molar-refractivity contribution is 0.129. The van der Waals surface area contributed by atoms with Gasteiger partial charge in [-0.2, -0.15) is 11.8 Å². The highest BCUT2D eigenvalue weighted by Gasteiger charge is 2.42. The van der Waals surface area contributed by atoms with Crippen LogP contribution in [0.25, 0.3) is 0 Å². The number of guanidine groups is 1. The van der Waals surface area contributed by atoms with Crippen LogP contribution in [0.2, 0.25) is 0 Å². The molecule has 2 saturated carbocycles. The highest BCUT2D eigenvalue weighted by molar-refractivity contribution is 7.99. The van der Waals surface area contributed by atoms with E-state index in [0.717, 1.165) is 43.9 Å². The topological polar surface area (TPSA) is 45.7 Å². The van der Waals surface area contributed by atoms with Crippen molar-refractivity contribution in [3.63, 3.8) is 0 Å². The quantitative estimate of drug-likeness (QED) is 0.388. The first kappa shape index (κ1) is 17.9. The summed E-state index contributed by atoms with van der Waals surface area (Å²) in [7, 11) is 0. The number of nitrogens with one attached hydrogen (secondary N) is 2.